The van der Waals surface area contributed by atoms with E-state index < -0.39 is 5.82 Å². The number of aryl methyl sites for hydroxylation is 3. The molecular formula is C32H31FN6O2. The number of halogens is 1. The SMILES string of the molecule is C=CC(=O)N1[C@@H]2CC[C@H]1CC(n1nc(-c3cc(C)c(Oc4ccc5c(c4)ncn5C)c(F)c3)c3c(C)nccc31)C2. The summed E-state index contributed by atoms with van der Waals surface area (Å²) in [6.07, 6.45) is 8.60. The summed E-state index contributed by atoms with van der Waals surface area (Å²) in [5.41, 5.74) is 5.62. The number of imidazole rings is 1. The summed E-state index contributed by atoms with van der Waals surface area (Å²) in [6, 6.07) is 11.4. The van der Waals surface area contributed by atoms with Gasteiger partial charge < -0.3 is 14.2 Å². The van der Waals surface area contributed by atoms with Gasteiger partial charge in [-0.25, -0.2) is 9.37 Å². The first kappa shape index (κ1) is 25.4. The zero-order chi connectivity index (χ0) is 28.4. The predicted molar refractivity (Wildman–Crippen MR) is 155 cm³/mol. The highest BCUT2D eigenvalue weighted by molar-refractivity contribution is 5.95. The van der Waals surface area contributed by atoms with E-state index in [1.165, 1.54) is 12.1 Å². The molecule has 2 aromatic carbocycles. The van der Waals surface area contributed by atoms with E-state index in [2.05, 4.69) is 21.2 Å². The lowest BCUT2D eigenvalue weighted by Crippen LogP contribution is -2.46. The molecule has 2 saturated heterocycles. The third-order valence-corrected chi connectivity index (χ3v) is 8.71. The summed E-state index contributed by atoms with van der Waals surface area (Å²) in [5, 5.41) is 6.01. The molecule has 7 rings (SSSR count). The number of aromatic nitrogens is 5. The zero-order valence-electron chi connectivity index (χ0n) is 23.3. The topological polar surface area (TPSA) is 78.1 Å². The van der Waals surface area contributed by atoms with E-state index in [-0.39, 0.29) is 29.8 Å². The molecule has 8 nitrogen and oxygen atoms in total. The van der Waals surface area contributed by atoms with Gasteiger partial charge in [0.15, 0.2) is 11.6 Å². The fourth-order valence-corrected chi connectivity index (χ4v) is 6.84. The van der Waals surface area contributed by atoms with Crippen LogP contribution in [0.4, 0.5) is 4.39 Å². The van der Waals surface area contributed by atoms with Gasteiger partial charge in [0, 0.05) is 48.0 Å². The Morgan fingerprint density at radius 2 is 1.83 bits per heavy atom. The number of benzene rings is 2. The van der Waals surface area contributed by atoms with E-state index in [4.69, 9.17) is 9.84 Å². The molecule has 2 aliphatic heterocycles. The van der Waals surface area contributed by atoms with E-state index in [9.17, 15) is 4.79 Å². The second-order valence-corrected chi connectivity index (χ2v) is 11.3. The maximum atomic E-state index is 15.7. The maximum Gasteiger partial charge on any atom is 0.246 e. The van der Waals surface area contributed by atoms with E-state index in [1.807, 2.05) is 60.7 Å². The normalized spacial score (nSPS) is 20.2. The number of hydrogen-bond donors (Lipinski definition) is 0. The number of carbonyl (C=O) groups excluding carboxylic acids is 1. The van der Waals surface area contributed by atoms with Crippen molar-refractivity contribution in [3.05, 3.63) is 78.7 Å². The molecule has 5 aromatic rings. The molecule has 0 N–H and O–H groups in total. The smallest absolute Gasteiger partial charge is 0.246 e. The molecule has 0 spiro atoms. The van der Waals surface area contributed by atoms with Crippen molar-refractivity contribution in [2.75, 3.05) is 0 Å². The van der Waals surface area contributed by atoms with Crippen LogP contribution in [0.2, 0.25) is 0 Å². The lowest BCUT2D eigenvalue weighted by atomic mass is 9.97. The summed E-state index contributed by atoms with van der Waals surface area (Å²) in [7, 11) is 1.93. The number of piperidine rings is 1. The van der Waals surface area contributed by atoms with Crippen molar-refractivity contribution in [3.8, 4) is 22.8 Å². The summed E-state index contributed by atoms with van der Waals surface area (Å²) >= 11 is 0. The van der Waals surface area contributed by atoms with Gasteiger partial charge >= 0.3 is 0 Å². The molecule has 0 saturated carbocycles. The third-order valence-electron chi connectivity index (χ3n) is 8.71. The van der Waals surface area contributed by atoms with Gasteiger partial charge in [-0.15, -0.1) is 0 Å². The Morgan fingerprint density at radius 1 is 1.05 bits per heavy atom. The fraction of sp³-hybridized carbons (Fsp3) is 0.312. The van der Waals surface area contributed by atoms with Crippen LogP contribution in [0.3, 0.4) is 0 Å². The van der Waals surface area contributed by atoms with Gasteiger partial charge in [0.2, 0.25) is 5.91 Å². The molecule has 208 valence electrons. The molecule has 5 heterocycles. The number of pyridine rings is 1. The highest BCUT2D eigenvalue weighted by atomic mass is 19.1. The lowest BCUT2D eigenvalue weighted by Gasteiger charge is -2.38. The van der Waals surface area contributed by atoms with Crippen molar-refractivity contribution >= 4 is 27.8 Å². The molecule has 3 atom stereocenters. The Hall–Kier alpha value is -4.53. The first-order valence-corrected chi connectivity index (χ1v) is 14.0. The van der Waals surface area contributed by atoms with Crippen molar-refractivity contribution in [1.29, 1.82) is 0 Å². The highest BCUT2D eigenvalue weighted by Gasteiger charge is 2.43. The van der Waals surface area contributed by atoms with E-state index >= 15 is 4.39 Å². The number of nitrogens with zero attached hydrogens (tertiary/aromatic N) is 6. The molecule has 2 fully saturated rings. The minimum Gasteiger partial charge on any atom is -0.454 e. The van der Waals surface area contributed by atoms with Gasteiger partial charge in [0.05, 0.1) is 28.9 Å². The monoisotopic (exact) mass is 550 g/mol. The summed E-state index contributed by atoms with van der Waals surface area (Å²) in [4.78, 5) is 23.4. The van der Waals surface area contributed by atoms with Crippen molar-refractivity contribution in [1.82, 2.24) is 29.2 Å². The second kappa shape index (κ2) is 9.54. The largest absolute Gasteiger partial charge is 0.454 e. The molecule has 41 heavy (non-hydrogen) atoms. The van der Waals surface area contributed by atoms with Crippen LogP contribution in [0.5, 0.6) is 11.5 Å². The number of carbonyl (C=O) groups is 1. The number of hydrogen-bond acceptors (Lipinski definition) is 5. The van der Waals surface area contributed by atoms with E-state index in [1.54, 1.807) is 12.5 Å². The standard InChI is InChI=1S/C32H31FN6O2/c1-5-29(40)38-21-6-7-22(38)15-23(14-21)39-28-10-11-34-19(3)30(28)31(36-39)20-12-18(2)32(25(33)13-20)41-24-8-9-27-26(16-24)35-17-37(27)4/h5,8-13,16-17,21-23H,1,6-7,14-15H2,2-4H3/t21-,22+,23?. The van der Waals surface area contributed by atoms with Crippen molar-refractivity contribution in [2.45, 2.75) is 57.7 Å². The van der Waals surface area contributed by atoms with Crippen LogP contribution in [0.25, 0.3) is 33.2 Å². The number of amides is 1. The van der Waals surface area contributed by atoms with Gasteiger partial charge in [0.1, 0.15) is 11.4 Å². The van der Waals surface area contributed by atoms with Crippen molar-refractivity contribution in [3.63, 3.8) is 0 Å². The second-order valence-electron chi connectivity index (χ2n) is 11.3. The Kier molecular flexibility index (Phi) is 5.92. The van der Waals surface area contributed by atoms with E-state index in [0.717, 1.165) is 53.3 Å². The first-order valence-electron chi connectivity index (χ1n) is 14.0. The minimum absolute atomic E-state index is 0.00946. The quantitative estimate of drug-likeness (QED) is 0.236. The highest BCUT2D eigenvalue weighted by Crippen LogP contribution is 2.43. The third kappa shape index (κ3) is 4.10. The van der Waals surface area contributed by atoms with Crippen LogP contribution in [0, 0.1) is 19.7 Å². The Morgan fingerprint density at radius 3 is 2.56 bits per heavy atom. The Bertz CT molecular complexity index is 1820. The fourth-order valence-electron chi connectivity index (χ4n) is 6.84. The molecule has 0 aliphatic carbocycles. The molecule has 3 aromatic heterocycles. The number of fused-ring (bicyclic) bond motifs is 4. The molecule has 0 radical (unpaired) electrons. The summed E-state index contributed by atoms with van der Waals surface area (Å²) < 4.78 is 25.7. The van der Waals surface area contributed by atoms with Crippen LogP contribution >= 0.6 is 0 Å². The van der Waals surface area contributed by atoms with Crippen LogP contribution < -0.4 is 4.74 Å². The Labute approximate surface area is 237 Å². The summed E-state index contributed by atoms with van der Waals surface area (Å²) in [5.74, 6) is 0.255. The van der Waals surface area contributed by atoms with Crippen LogP contribution in [0.1, 0.15) is 43.0 Å². The average molecular weight is 551 g/mol. The van der Waals surface area contributed by atoms with Gasteiger partial charge in [-0.2, -0.15) is 5.10 Å². The molecule has 9 heteroatoms. The van der Waals surface area contributed by atoms with Gasteiger partial charge in [0.25, 0.3) is 0 Å². The van der Waals surface area contributed by atoms with Crippen molar-refractivity contribution in [2.24, 2.45) is 7.05 Å². The minimum atomic E-state index is -0.459. The molecule has 2 bridgehead atoms. The lowest BCUT2D eigenvalue weighted by molar-refractivity contribution is -0.130. The van der Waals surface area contributed by atoms with Gasteiger partial charge in [-0.1, -0.05) is 6.58 Å². The number of ether oxygens (including phenoxy) is 1. The van der Waals surface area contributed by atoms with Crippen molar-refractivity contribution < 1.29 is 13.9 Å². The molecular weight excluding hydrogens is 519 g/mol. The molecule has 1 amide bonds. The van der Waals surface area contributed by atoms with Crippen LogP contribution in [-0.2, 0) is 11.8 Å². The summed E-state index contributed by atoms with van der Waals surface area (Å²) in [6.45, 7) is 7.50. The maximum absolute atomic E-state index is 15.7. The molecule has 2 aliphatic rings. The molecule has 1 unspecified atom stereocenters. The number of rotatable bonds is 5. The first-order chi connectivity index (χ1) is 19.8. The van der Waals surface area contributed by atoms with E-state index in [0.29, 0.717) is 22.6 Å². The van der Waals surface area contributed by atoms with Gasteiger partial charge in [-0.05, 0) is 81.5 Å². The van der Waals surface area contributed by atoms with Gasteiger partial charge in [-0.3, -0.25) is 14.5 Å². The van der Waals surface area contributed by atoms with Crippen LogP contribution in [0.15, 0.2) is 61.6 Å². The Balaban J connectivity index is 1.25. The zero-order valence-corrected chi connectivity index (χ0v) is 23.3. The average Bonchev–Trinajstić information content (AvgIpc) is 3.62. The predicted octanol–water partition coefficient (Wildman–Crippen LogP) is 6.41. The van der Waals surface area contributed by atoms with Crippen LogP contribution in [-0.4, -0.2) is 47.2 Å².